The summed E-state index contributed by atoms with van der Waals surface area (Å²) in [5.41, 5.74) is 0.283. The van der Waals surface area contributed by atoms with Crippen LogP contribution in [0.25, 0.3) is 5.76 Å². The SMILES string of the molecule is CC(=O)NCCN1C(=O)C(=O)/C(=C(\O)c2ccccc2)C1c1cccc([N+](=O)[O-])c1. The van der Waals surface area contributed by atoms with Gasteiger partial charge in [-0.15, -0.1) is 0 Å². The number of non-ortho nitro benzene ring substituents is 1. The maximum atomic E-state index is 12.8. The fourth-order valence-corrected chi connectivity index (χ4v) is 3.37. The van der Waals surface area contributed by atoms with E-state index in [2.05, 4.69) is 5.32 Å². The standard InChI is InChI=1S/C21H19N3O6/c1-13(25)22-10-11-23-18(15-8-5-9-16(12-15)24(29)30)17(20(27)21(23)28)19(26)14-6-3-2-4-7-14/h2-9,12,18,26H,10-11H2,1H3,(H,22,25)/b19-17-. The molecule has 3 rings (SSSR count). The minimum atomic E-state index is -1.03. The Hall–Kier alpha value is -4.01. The molecule has 0 aliphatic carbocycles. The normalized spacial score (nSPS) is 17.8. The molecule has 0 bridgehead atoms. The number of aliphatic hydroxyl groups excluding tert-OH is 1. The van der Waals surface area contributed by atoms with E-state index in [0.29, 0.717) is 11.1 Å². The molecule has 30 heavy (non-hydrogen) atoms. The number of nitro benzene ring substituents is 1. The Labute approximate surface area is 171 Å². The maximum absolute atomic E-state index is 12.8. The predicted octanol–water partition coefficient (Wildman–Crippen LogP) is 2.15. The molecule has 0 spiro atoms. The number of rotatable bonds is 6. The van der Waals surface area contributed by atoms with Crippen LogP contribution in [0.4, 0.5) is 5.69 Å². The van der Waals surface area contributed by atoms with Gasteiger partial charge in [-0.1, -0.05) is 42.5 Å². The summed E-state index contributed by atoms with van der Waals surface area (Å²) in [5.74, 6) is -2.42. The Balaban J connectivity index is 2.13. The topological polar surface area (TPSA) is 130 Å². The van der Waals surface area contributed by atoms with Gasteiger partial charge in [0.15, 0.2) is 0 Å². The zero-order valence-electron chi connectivity index (χ0n) is 16.1. The molecular weight excluding hydrogens is 390 g/mol. The van der Waals surface area contributed by atoms with Gasteiger partial charge in [0.25, 0.3) is 17.4 Å². The summed E-state index contributed by atoms with van der Waals surface area (Å²) in [5, 5.41) is 24.6. The summed E-state index contributed by atoms with van der Waals surface area (Å²) in [6, 6.07) is 12.8. The van der Waals surface area contributed by atoms with Gasteiger partial charge in [-0.25, -0.2) is 0 Å². The third-order valence-corrected chi connectivity index (χ3v) is 4.71. The van der Waals surface area contributed by atoms with Crippen molar-refractivity contribution >= 4 is 29.0 Å². The van der Waals surface area contributed by atoms with Gasteiger partial charge in [0, 0.05) is 37.7 Å². The van der Waals surface area contributed by atoms with Crippen LogP contribution in [0.5, 0.6) is 0 Å². The number of nitro groups is 1. The van der Waals surface area contributed by atoms with Crippen molar-refractivity contribution in [2.75, 3.05) is 13.1 Å². The molecule has 1 heterocycles. The lowest BCUT2D eigenvalue weighted by Crippen LogP contribution is -2.37. The smallest absolute Gasteiger partial charge is 0.295 e. The number of amides is 2. The third kappa shape index (κ3) is 4.04. The molecular formula is C21H19N3O6. The zero-order chi connectivity index (χ0) is 21.8. The highest BCUT2D eigenvalue weighted by Gasteiger charge is 2.46. The largest absolute Gasteiger partial charge is 0.507 e. The Morgan fingerprint density at radius 3 is 2.50 bits per heavy atom. The molecule has 1 fully saturated rings. The molecule has 1 unspecified atom stereocenters. The molecule has 154 valence electrons. The van der Waals surface area contributed by atoms with Crippen molar-refractivity contribution in [1.82, 2.24) is 10.2 Å². The van der Waals surface area contributed by atoms with Crippen LogP contribution in [-0.2, 0) is 14.4 Å². The third-order valence-electron chi connectivity index (χ3n) is 4.71. The lowest BCUT2D eigenvalue weighted by atomic mass is 9.95. The lowest BCUT2D eigenvalue weighted by Gasteiger charge is -2.25. The summed E-state index contributed by atoms with van der Waals surface area (Å²) in [6.07, 6.45) is 0. The van der Waals surface area contributed by atoms with Gasteiger partial charge in [0.05, 0.1) is 16.5 Å². The van der Waals surface area contributed by atoms with E-state index in [4.69, 9.17) is 0 Å². The van der Waals surface area contributed by atoms with E-state index in [9.17, 15) is 29.6 Å². The van der Waals surface area contributed by atoms with Crippen molar-refractivity contribution < 1.29 is 24.4 Å². The molecule has 2 aromatic rings. The van der Waals surface area contributed by atoms with E-state index in [1.54, 1.807) is 36.4 Å². The van der Waals surface area contributed by atoms with Crippen LogP contribution in [-0.4, -0.2) is 45.6 Å². The van der Waals surface area contributed by atoms with Crippen molar-refractivity contribution in [2.24, 2.45) is 0 Å². The number of carbonyl (C=O) groups is 3. The van der Waals surface area contributed by atoms with Crippen molar-refractivity contribution in [3.8, 4) is 0 Å². The highest BCUT2D eigenvalue weighted by Crippen LogP contribution is 2.39. The summed E-state index contributed by atoms with van der Waals surface area (Å²) in [4.78, 5) is 48.5. The molecule has 1 aliphatic rings. The number of ketones is 1. The fraction of sp³-hybridized carbons (Fsp3) is 0.190. The van der Waals surface area contributed by atoms with Crippen molar-refractivity contribution in [1.29, 1.82) is 0 Å². The molecule has 0 saturated carbocycles. The summed E-state index contributed by atoms with van der Waals surface area (Å²) >= 11 is 0. The molecule has 0 radical (unpaired) electrons. The summed E-state index contributed by atoms with van der Waals surface area (Å²) < 4.78 is 0. The number of nitrogens with one attached hydrogen (secondary N) is 1. The van der Waals surface area contributed by atoms with E-state index < -0.39 is 22.7 Å². The lowest BCUT2D eigenvalue weighted by molar-refractivity contribution is -0.384. The quantitative estimate of drug-likeness (QED) is 0.247. The van der Waals surface area contributed by atoms with E-state index >= 15 is 0 Å². The van der Waals surface area contributed by atoms with Gasteiger partial charge >= 0.3 is 0 Å². The molecule has 9 nitrogen and oxygen atoms in total. The van der Waals surface area contributed by atoms with Crippen LogP contribution < -0.4 is 5.32 Å². The van der Waals surface area contributed by atoms with E-state index in [-0.39, 0.29) is 36.0 Å². The second-order valence-electron chi connectivity index (χ2n) is 6.69. The van der Waals surface area contributed by atoms with Crippen LogP contribution in [0.15, 0.2) is 60.2 Å². The van der Waals surface area contributed by atoms with Gasteiger partial charge in [0.2, 0.25) is 5.91 Å². The minimum Gasteiger partial charge on any atom is -0.507 e. The first-order valence-corrected chi connectivity index (χ1v) is 9.14. The number of aliphatic hydroxyl groups is 1. The number of benzene rings is 2. The van der Waals surface area contributed by atoms with E-state index in [1.165, 1.54) is 30.0 Å². The molecule has 2 aromatic carbocycles. The first-order chi connectivity index (χ1) is 14.3. The first kappa shape index (κ1) is 20.7. The number of hydrogen-bond donors (Lipinski definition) is 2. The Morgan fingerprint density at radius 1 is 1.17 bits per heavy atom. The number of likely N-dealkylation sites (tertiary alicyclic amines) is 1. The van der Waals surface area contributed by atoms with E-state index in [1.807, 2.05) is 0 Å². The predicted molar refractivity (Wildman–Crippen MR) is 107 cm³/mol. The number of nitrogens with zero attached hydrogens (tertiary/aromatic N) is 2. The monoisotopic (exact) mass is 409 g/mol. The van der Waals surface area contributed by atoms with Gasteiger partial charge in [0.1, 0.15) is 5.76 Å². The summed E-state index contributed by atoms with van der Waals surface area (Å²) in [7, 11) is 0. The van der Waals surface area contributed by atoms with Crippen LogP contribution >= 0.6 is 0 Å². The molecule has 9 heteroatoms. The first-order valence-electron chi connectivity index (χ1n) is 9.14. The molecule has 1 saturated heterocycles. The van der Waals surface area contributed by atoms with Crippen LogP contribution in [0, 0.1) is 10.1 Å². The number of Topliss-reactive ketones (excluding diaryl/α,β-unsaturated/α-hetero) is 1. The second kappa shape index (κ2) is 8.56. The minimum absolute atomic E-state index is 0.0108. The van der Waals surface area contributed by atoms with Gasteiger partial charge in [-0.2, -0.15) is 0 Å². The fourth-order valence-electron chi connectivity index (χ4n) is 3.37. The Morgan fingerprint density at radius 2 is 1.87 bits per heavy atom. The molecule has 1 atom stereocenters. The van der Waals surface area contributed by atoms with Gasteiger partial charge in [-0.3, -0.25) is 24.5 Å². The van der Waals surface area contributed by atoms with Crippen LogP contribution in [0.3, 0.4) is 0 Å². The highest BCUT2D eigenvalue weighted by atomic mass is 16.6. The average molecular weight is 409 g/mol. The van der Waals surface area contributed by atoms with Crippen LogP contribution in [0.1, 0.15) is 24.1 Å². The number of carbonyl (C=O) groups excluding carboxylic acids is 3. The van der Waals surface area contributed by atoms with Gasteiger partial charge in [-0.05, 0) is 5.56 Å². The Bertz CT molecular complexity index is 1050. The average Bonchev–Trinajstić information content (AvgIpc) is 2.98. The zero-order valence-corrected chi connectivity index (χ0v) is 16.1. The molecule has 2 N–H and O–H groups in total. The molecule has 2 amide bonds. The Kier molecular flexibility index (Phi) is 5.91. The summed E-state index contributed by atoms with van der Waals surface area (Å²) in [6.45, 7) is 1.39. The molecule has 1 aliphatic heterocycles. The highest BCUT2D eigenvalue weighted by molar-refractivity contribution is 6.46. The van der Waals surface area contributed by atoms with Gasteiger partial charge < -0.3 is 15.3 Å². The second-order valence-corrected chi connectivity index (χ2v) is 6.69. The van der Waals surface area contributed by atoms with Crippen molar-refractivity contribution in [2.45, 2.75) is 13.0 Å². The van der Waals surface area contributed by atoms with Crippen molar-refractivity contribution in [3.05, 3.63) is 81.4 Å². The van der Waals surface area contributed by atoms with Crippen molar-refractivity contribution in [3.63, 3.8) is 0 Å². The number of hydrogen-bond acceptors (Lipinski definition) is 6. The van der Waals surface area contributed by atoms with E-state index in [0.717, 1.165) is 0 Å². The maximum Gasteiger partial charge on any atom is 0.295 e. The van der Waals surface area contributed by atoms with Crippen LogP contribution in [0.2, 0.25) is 0 Å². The molecule has 0 aromatic heterocycles.